The predicted octanol–water partition coefficient (Wildman–Crippen LogP) is 2.13. The van der Waals surface area contributed by atoms with Gasteiger partial charge in [-0.2, -0.15) is 5.10 Å². The van der Waals surface area contributed by atoms with Crippen molar-refractivity contribution in [3.8, 4) is 0 Å². The summed E-state index contributed by atoms with van der Waals surface area (Å²) in [6.07, 6.45) is -0.424. The highest BCUT2D eigenvalue weighted by Crippen LogP contribution is 2.22. The van der Waals surface area contributed by atoms with Crippen molar-refractivity contribution in [2.24, 2.45) is 0 Å². The lowest BCUT2D eigenvalue weighted by Crippen LogP contribution is -2.05. The van der Waals surface area contributed by atoms with Crippen LogP contribution in [0.15, 0.2) is 0 Å². The second-order valence-corrected chi connectivity index (χ2v) is 3.80. The highest BCUT2D eigenvalue weighted by molar-refractivity contribution is 5.26. The molecule has 1 aromatic rings. The fourth-order valence-corrected chi connectivity index (χ4v) is 1.78. The van der Waals surface area contributed by atoms with Crippen LogP contribution in [0.4, 0.5) is 0 Å². The molecule has 1 heterocycles. The van der Waals surface area contributed by atoms with E-state index in [0.29, 0.717) is 6.04 Å². The SMILES string of the molecule is Cc1nn(C(C)C)c(C)c1[C@H](C)O. The van der Waals surface area contributed by atoms with E-state index in [-0.39, 0.29) is 0 Å². The average Bonchev–Trinajstić information content (AvgIpc) is 2.26. The Labute approximate surface area is 79.4 Å². The van der Waals surface area contributed by atoms with Gasteiger partial charge in [0, 0.05) is 17.3 Å². The molecule has 13 heavy (non-hydrogen) atoms. The van der Waals surface area contributed by atoms with E-state index < -0.39 is 6.10 Å². The van der Waals surface area contributed by atoms with Crippen LogP contribution in [0, 0.1) is 13.8 Å². The molecule has 0 aliphatic carbocycles. The van der Waals surface area contributed by atoms with Crippen molar-refractivity contribution in [3.63, 3.8) is 0 Å². The van der Waals surface area contributed by atoms with Crippen LogP contribution < -0.4 is 0 Å². The molecule has 3 nitrogen and oxygen atoms in total. The number of aliphatic hydroxyl groups is 1. The van der Waals surface area contributed by atoms with E-state index in [1.165, 1.54) is 0 Å². The first-order valence-corrected chi connectivity index (χ1v) is 4.68. The molecule has 0 fully saturated rings. The first-order chi connectivity index (χ1) is 5.95. The fraction of sp³-hybridized carbons (Fsp3) is 0.700. The van der Waals surface area contributed by atoms with Crippen LogP contribution >= 0.6 is 0 Å². The van der Waals surface area contributed by atoms with Crippen molar-refractivity contribution in [1.29, 1.82) is 0 Å². The van der Waals surface area contributed by atoms with Gasteiger partial charge in [0.05, 0.1) is 11.8 Å². The van der Waals surface area contributed by atoms with Crippen LogP contribution in [0.3, 0.4) is 0 Å². The fourth-order valence-electron chi connectivity index (χ4n) is 1.78. The zero-order chi connectivity index (χ0) is 10.2. The van der Waals surface area contributed by atoms with Gasteiger partial charge in [-0.25, -0.2) is 0 Å². The highest BCUT2D eigenvalue weighted by atomic mass is 16.3. The molecule has 1 N–H and O–H groups in total. The molecule has 0 spiro atoms. The number of aliphatic hydroxyl groups excluding tert-OH is 1. The second-order valence-electron chi connectivity index (χ2n) is 3.80. The topological polar surface area (TPSA) is 38.0 Å². The van der Waals surface area contributed by atoms with Gasteiger partial charge in [-0.1, -0.05) is 0 Å². The largest absolute Gasteiger partial charge is 0.389 e. The quantitative estimate of drug-likeness (QED) is 0.761. The summed E-state index contributed by atoms with van der Waals surface area (Å²) in [5, 5.41) is 13.9. The minimum absolute atomic E-state index is 0.353. The van der Waals surface area contributed by atoms with E-state index in [0.717, 1.165) is 17.0 Å². The standard InChI is InChI=1S/C10H18N2O/c1-6(2)12-8(4)10(9(5)13)7(3)11-12/h6,9,13H,1-5H3/t9-/m0/s1. The van der Waals surface area contributed by atoms with E-state index in [4.69, 9.17) is 0 Å². The molecular weight excluding hydrogens is 164 g/mol. The zero-order valence-electron chi connectivity index (χ0n) is 9.00. The lowest BCUT2D eigenvalue weighted by atomic mass is 10.1. The lowest BCUT2D eigenvalue weighted by Gasteiger charge is -2.09. The van der Waals surface area contributed by atoms with E-state index in [9.17, 15) is 5.11 Å². The third kappa shape index (κ3) is 1.75. The summed E-state index contributed by atoms with van der Waals surface area (Å²) in [7, 11) is 0. The van der Waals surface area contributed by atoms with E-state index in [1.807, 2.05) is 18.5 Å². The molecule has 0 saturated carbocycles. The van der Waals surface area contributed by atoms with Gasteiger partial charge >= 0.3 is 0 Å². The van der Waals surface area contributed by atoms with Gasteiger partial charge in [-0.05, 0) is 34.6 Å². The summed E-state index contributed by atoms with van der Waals surface area (Å²) in [6, 6.07) is 0.353. The Morgan fingerprint density at radius 2 is 1.77 bits per heavy atom. The monoisotopic (exact) mass is 182 g/mol. The van der Waals surface area contributed by atoms with Crippen LogP contribution in [-0.4, -0.2) is 14.9 Å². The normalized spacial score (nSPS) is 13.8. The Morgan fingerprint density at radius 1 is 1.23 bits per heavy atom. The van der Waals surface area contributed by atoms with Gasteiger partial charge in [0.2, 0.25) is 0 Å². The molecule has 0 bridgehead atoms. The molecule has 0 aromatic carbocycles. The minimum Gasteiger partial charge on any atom is -0.389 e. The van der Waals surface area contributed by atoms with Crippen molar-refractivity contribution < 1.29 is 5.11 Å². The van der Waals surface area contributed by atoms with Crippen molar-refractivity contribution in [2.75, 3.05) is 0 Å². The van der Waals surface area contributed by atoms with Crippen molar-refractivity contribution in [2.45, 2.75) is 46.8 Å². The first kappa shape index (κ1) is 10.3. The Morgan fingerprint density at radius 3 is 2.00 bits per heavy atom. The van der Waals surface area contributed by atoms with Gasteiger partial charge < -0.3 is 5.11 Å². The van der Waals surface area contributed by atoms with Crippen LogP contribution in [0.5, 0.6) is 0 Å². The maximum Gasteiger partial charge on any atom is 0.0797 e. The number of rotatable bonds is 2. The van der Waals surface area contributed by atoms with Gasteiger partial charge in [0.15, 0.2) is 0 Å². The summed E-state index contributed by atoms with van der Waals surface area (Å²) < 4.78 is 1.96. The predicted molar refractivity (Wildman–Crippen MR) is 52.7 cm³/mol. The third-order valence-corrected chi connectivity index (χ3v) is 2.29. The Kier molecular flexibility index (Phi) is 2.76. The average molecular weight is 182 g/mol. The first-order valence-electron chi connectivity index (χ1n) is 4.68. The molecule has 74 valence electrons. The molecule has 0 saturated heterocycles. The van der Waals surface area contributed by atoms with E-state index in [1.54, 1.807) is 6.92 Å². The summed E-state index contributed by atoms with van der Waals surface area (Å²) in [5.74, 6) is 0. The van der Waals surface area contributed by atoms with Gasteiger partial charge in [-0.15, -0.1) is 0 Å². The number of nitrogens with zero attached hydrogens (tertiary/aromatic N) is 2. The lowest BCUT2D eigenvalue weighted by molar-refractivity contribution is 0.197. The number of hydrogen-bond donors (Lipinski definition) is 1. The molecule has 0 unspecified atom stereocenters. The van der Waals surface area contributed by atoms with Gasteiger partial charge in [0.25, 0.3) is 0 Å². The minimum atomic E-state index is -0.424. The molecule has 3 heteroatoms. The molecule has 1 rings (SSSR count). The Bertz CT molecular complexity index is 300. The van der Waals surface area contributed by atoms with Crippen LogP contribution in [-0.2, 0) is 0 Å². The maximum atomic E-state index is 9.53. The van der Waals surface area contributed by atoms with Gasteiger partial charge in [0.1, 0.15) is 0 Å². The summed E-state index contributed by atoms with van der Waals surface area (Å²) in [4.78, 5) is 0. The molecule has 1 aromatic heterocycles. The van der Waals surface area contributed by atoms with E-state index in [2.05, 4.69) is 18.9 Å². The van der Waals surface area contributed by atoms with Crippen LogP contribution in [0.1, 0.15) is 49.9 Å². The molecule has 1 atom stereocenters. The second kappa shape index (κ2) is 3.50. The highest BCUT2D eigenvalue weighted by Gasteiger charge is 2.16. The van der Waals surface area contributed by atoms with Crippen LogP contribution in [0.2, 0.25) is 0 Å². The Hall–Kier alpha value is -0.830. The summed E-state index contributed by atoms with van der Waals surface area (Å²) >= 11 is 0. The maximum absolute atomic E-state index is 9.53. The summed E-state index contributed by atoms with van der Waals surface area (Å²) in [6.45, 7) is 9.90. The number of hydrogen-bond acceptors (Lipinski definition) is 2. The van der Waals surface area contributed by atoms with Crippen molar-refractivity contribution in [3.05, 3.63) is 17.0 Å². The third-order valence-electron chi connectivity index (χ3n) is 2.29. The Balaban J connectivity index is 3.22. The molecule has 0 radical (unpaired) electrons. The van der Waals surface area contributed by atoms with Crippen molar-refractivity contribution >= 4 is 0 Å². The molecular formula is C10H18N2O. The molecule has 0 aliphatic heterocycles. The zero-order valence-corrected chi connectivity index (χ0v) is 9.00. The number of aromatic nitrogens is 2. The van der Waals surface area contributed by atoms with Crippen LogP contribution in [0.25, 0.3) is 0 Å². The van der Waals surface area contributed by atoms with E-state index >= 15 is 0 Å². The number of aryl methyl sites for hydroxylation is 1. The molecule has 0 amide bonds. The smallest absolute Gasteiger partial charge is 0.0797 e. The van der Waals surface area contributed by atoms with Crippen molar-refractivity contribution in [1.82, 2.24) is 9.78 Å². The van der Waals surface area contributed by atoms with Gasteiger partial charge in [-0.3, -0.25) is 4.68 Å². The molecule has 0 aliphatic rings. The summed E-state index contributed by atoms with van der Waals surface area (Å²) in [5.41, 5.74) is 2.97.